The maximum absolute atomic E-state index is 5.83. The van der Waals surface area contributed by atoms with Crippen molar-refractivity contribution in [1.82, 2.24) is 0 Å². The first-order chi connectivity index (χ1) is 7.69. The van der Waals surface area contributed by atoms with Gasteiger partial charge in [0.15, 0.2) is 0 Å². The Kier molecular flexibility index (Phi) is 2.82. The lowest BCUT2D eigenvalue weighted by Gasteiger charge is -2.06. The molecule has 0 bridgehead atoms. The summed E-state index contributed by atoms with van der Waals surface area (Å²) < 4.78 is 5.13. The zero-order valence-corrected chi connectivity index (χ0v) is 9.53. The lowest BCUT2D eigenvalue weighted by atomic mass is 10.0. The van der Waals surface area contributed by atoms with Crippen LogP contribution < -0.4 is 10.5 Å². The molecule has 0 unspecified atom stereocenters. The Morgan fingerprint density at radius 2 is 1.62 bits per heavy atom. The summed E-state index contributed by atoms with van der Waals surface area (Å²) in [7, 11) is 1.67. The number of rotatable bonds is 2. The Morgan fingerprint density at radius 1 is 0.938 bits per heavy atom. The van der Waals surface area contributed by atoms with Crippen LogP contribution in [-0.4, -0.2) is 7.11 Å². The molecule has 0 radical (unpaired) electrons. The fourth-order valence-corrected chi connectivity index (χ4v) is 1.76. The van der Waals surface area contributed by atoms with Gasteiger partial charge in [-0.2, -0.15) is 0 Å². The first-order valence-electron chi connectivity index (χ1n) is 5.20. The second kappa shape index (κ2) is 4.27. The molecule has 0 saturated carbocycles. The number of methoxy groups -OCH3 is 1. The summed E-state index contributed by atoms with van der Waals surface area (Å²) in [6.07, 6.45) is 0. The van der Waals surface area contributed by atoms with Gasteiger partial charge in [-0.3, -0.25) is 0 Å². The Morgan fingerprint density at radius 3 is 2.19 bits per heavy atom. The van der Waals surface area contributed by atoms with Gasteiger partial charge in [-0.05, 0) is 47.9 Å². The first kappa shape index (κ1) is 10.6. The number of benzene rings is 2. The molecule has 0 heterocycles. The average Bonchev–Trinajstić information content (AvgIpc) is 2.28. The van der Waals surface area contributed by atoms with Crippen LogP contribution >= 0.6 is 0 Å². The van der Waals surface area contributed by atoms with Crippen LogP contribution in [0.15, 0.2) is 42.5 Å². The summed E-state index contributed by atoms with van der Waals surface area (Å²) in [5.74, 6) is 0.865. The van der Waals surface area contributed by atoms with Crippen molar-refractivity contribution < 1.29 is 4.74 Å². The molecule has 0 spiro atoms. The van der Waals surface area contributed by atoms with Crippen LogP contribution in [0.2, 0.25) is 0 Å². The van der Waals surface area contributed by atoms with E-state index in [2.05, 4.69) is 6.07 Å². The van der Waals surface area contributed by atoms with Crippen molar-refractivity contribution in [1.29, 1.82) is 0 Å². The number of aryl methyl sites for hydroxylation is 1. The molecule has 0 amide bonds. The smallest absolute Gasteiger partial charge is 0.118 e. The molecule has 2 N–H and O–H groups in total. The zero-order valence-electron chi connectivity index (χ0n) is 9.53. The third-order valence-corrected chi connectivity index (χ3v) is 2.52. The van der Waals surface area contributed by atoms with Gasteiger partial charge in [-0.1, -0.05) is 18.2 Å². The maximum atomic E-state index is 5.83. The normalized spacial score (nSPS) is 10.1. The predicted octanol–water partition coefficient (Wildman–Crippen LogP) is 3.25. The van der Waals surface area contributed by atoms with E-state index in [9.17, 15) is 0 Å². The number of anilines is 1. The van der Waals surface area contributed by atoms with E-state index in [1.54, 1.807) is 7.11 Å². The molecule has 0 fully saturated rings. The van der Waals surface area contributed by atoms with Crippen molar-refractivity contribution in [2.24, 2.45) is 0 Å². The summed E-state index contributed by atoms with van der Waals surface area (Å²) in [4.78, 5) is 0. The van der Waals surface area contributed by atoms with Gasteiger partial charge < -0.3 is 10.5 Å². The van der Waals surface area contributed by atoms with E-state index >= 15 is 0 Å². The number of ether oxygens (including phenoxy) is 1. The lowest BCUT2D eigenvalue weighted by Crippen LogP contribution is -1.88. The molecule has 0 aliphatic rings. The topological polar surface area (TPSA) is 35.2 Å². The molecular formula is C14H15NO. The van der Waals surface area contributed by atoms with Crippen molar-refractivity contribution in [3.8, 4) is 16.9 Å². The highest BCUT2D eigenvalue weighted by Gasteiger charge is 2.00. The maximum Gasteiger partial charge on any atom is 0.118 e. The van der Waals surface area contributed by atoms with Gasteiger partial charge >= 0.3 is 0 Å². The Labute approximate surface area is 95.7 Å². The monoisotopic (exact) mass is 213 g/mol. The van der Waals surface area contributed by atoms with Gasteiger partial charge in [-0.15, -0.1) is 0 Å². The van der Waals surface area contributed by atoms with Crippen LogP contribution in [-0.2, 0) is 0 Å². The molecule has 2 aromatic rings. The fraction of sp³-hybridized carbons (Fsp3) is 0.143. The molecule has 2 rings (SSSR count). The largest absolute Gasteiger partial charge is 0.497 e. The van der Waals surface area contributed by atoms with Crippen LogP contribution in [0.4, 0.5) is 5.69 Å². The molecule has 16 heavy (non-hydrogen) atoms. The van der Waals surface area contributed by atoms with Crippen molar-refractivity contribution in [3.05, 3.63) is 48.0 Å². The minimum atomic E-state index is 0.797. The highest BCUT2D eigenvalue weighted by atomic mass is 16.5. The lowest BCUT2D eigenvalue weighted by molar-refractivity contribution is 0.415. The van der Waals surface area contributed by atoms with Crippen LogP contribution in [0.3, 0.4) is 0 Å². The highest BCUT2D eigenvalue weighted by Crippen LogP contribution is 2.25. The quantitative estimate of drug-likeness (QED) is 0.777. The van der Waals surface area contributed by atoms with Gasteiger partial charge in [0.2, 0.25) is 0 Å². The van der Waals surface area contributed by atoms with Gasteiger partial charge in [0.1, 0.15) is 5.75 Å². The third kappa shape index (κ3) is 2.16. The summed E-state index contributed by atoms with van der Waals surface area (Å²) in [5.41, 5.74) is 10.1. The molecule has 0 aliphatic heterocycles. The molecule has 0 saturated heterocycles. The van der Waals surface area contributed by atoms with Gasteiger partial charge in [0, 0.05) is 5.69 Å². The second-order valence-electron chi connectivity index (χ2n) is 3.86. The molecule has 0 atom stereocenters. The Balaban J connectivity index is 2.42. The molecule has 2 nitrogen and oxygen atoms in total. The van der Waals surface area contributed by atoms with Crippen LogP contribution in [0.1, 0.15) is 5.56 Å². The van der Waals surface area contributed by atoms with E-state index in [0.717, 1.165) is 22.6 Å². The average molecular weight is 213 g/mol. The molecular weight excluding hydrogens is 198 g/mol. The number of hydrogen-bond donors (Lipinski definition) is 1. The van der Waals surface area contributed by atoms with Crippen molar-refractivity contribution >= 4 is 5.69 Å². The van der Waals surface area contributed by atoms with E-state index in [1.165, 1.54) is 5.56 Å². The second-order valence-corrected chi connectivity index (χ2v) is 3.86. The van der Waals surface area contributed by atoms with Crippen LogP contribution in [0, 0.1) is 6.92 Å². The molecule has 82 valence electrons. The van der Waals surface area contributed by atoms with Crippen LogP contribution in [0.25, 0.3) is 11.1 Å². The van der Waals surface area contributed by atoms with Crippen LogP contribution in [0.5, 0.6) is 5.75 Å². The van der Waals surface area contributed by atoms with Crippen molar-refractivity contribution in [2.45, 2.75) is 6.92 Å². The number of hydrogen-bond acceptors (Lipinski definition) is 2. The minimum absolute atomic E-state index is 0.797. The SMILES string of the molecule is COc1ccc(-c2cc(C)cc(N)c2)cc1. The van der Waals surface area contributed by atoms with Gasteiger partial charge in [0.25, 0.3) is 0 Å². The zero-order chi connectivity index (χ0) is 11.5. The number of nitrogens with two attached hydrogens (primary N) is 1. The summed E-state index contributed by atoms with van der Waals surface area (Å²) >= 11 is 0. The third-order valence-electron chi connectivity index (χ3n) is 2.52. The number of nitrogen functional groups attached to an aromatic ring is 1. The van der Waals surface area contributed by atoms with Gasteiger partial charge in [0.05, 0.1) is 7.11 Å². The van der Waals surface area contributed by atoms with E-state index in [1.807, 2.05) is 43.3 Å². The Hall–Kier alpha value is -1.96. The van der Waals surface area contributed by atoms with Crippen molar-refractivity contribution in [2.75, 3.05) is 12.8 Å². The van der Waals surface area contributed by atoms with Gasteiger partial charge in [-0.25, -0.2) is 0 Å². The first-order valence-corrected chi connectivity index (χ1v) is 5.20. The summed E-state index contributed by atoms with van der Waals surface area (Å²) in [6, 6.07) is 14.0. The van der Waals surface area contributed by atoms with E-state index in [0.29, 0.717) is 0 Å². The van der Waals surface area contributed by atoms with Crippen molar-refractivity contribution in [3.63, 3.8) is 0 Å². The standard InChI is InChI=1S/C14H15NO/c1-10-7-12(9-13(15)8-10)11-3-5-14(16-2)6-4-11/h3-9H,15H2,1-2H3. The molecule has 2 aromatic carbocycles. The fourth-order valence-electron chi connectivity index (χ4n) is 1.76. The van der Waals surface area contributed by atoms with E-state index < -0.39 is 0 Å². The summed E-state index contributed by atoms with van der Waals surface area (Å²) in [5, 5.41) is 0. The molecule has 0 aliphatic carbocycles. The summed E-state index contributed by atoms with van der Waals surface area (Å²) in [6.45, 7) is 2.05. The Bertz CT molecular complexity index is 468. The molecule has 2 heteroatoms. The predicted molar refractivity (Wildman–Crippen MR) is 67.6 cm³/mol. The minimum Gasteiger partial charge on any atom is -0.497 e. The van der Waals surface area contributed by atoms with E-state index in [4.69, 9.17) is 10.5 Å². The highest BCUT2D eigenvalue weighted by molar-refractivity contribution is 5.68. The molecule has 0 aromatic heterocycles. The van der Waals surface area contributed by atoms with E-state index in [-0.39, 0.29) is 0 Å².